The minimum Gasteiger partial charge on any atom is -0.491 e. The van der Waals surface area contributed by atoms with E-state index in [9.17, 15) is 0 Å². The van der Waals surface area contributed by atoms with Crippen LogP contribution in [0.1, 0.15) is 42.1 Å². The molecule has 3 aromatic rings. The van der Waals surface area contributed by atoms with Gasteiger partial charge >= 0.3 is 0 Å². The summed E-state index contributed by atoms with van der Waals surface area (Å²) in [7, 11) is 0. The van der Waals surface area contributed by atoms with Gasteiger partial charge in [-0.3, -0.25) is 0 Å². The van der Waals surface area contributed by atoms with Crippen molar-refractivity contribution in [1.82, 2.24) is 4.90 Å². The van der Waals surface area contributed by atoms with Crippen LogP contribution in [0.25, 0.3) is 0 Å². The van der Waals surface area contributed by atoms with Crippen LogP contribution in [0.15, 0.2) is 78.9 Å². The van der Waals surface area contributed by atoms with Gasteiger partial charge in [0.05, 0.1) is 18.4 Å². The molecule has 0 atom stereocenters. The molecule has 1 fully saturated rings. The Labute approximate surface area is 192 Å². The normalized spacial score (nSPS) is 15.2. The molecule has 4 rings (SSSR count). The molecule has 0 aliphatic carbocycles. The molecule has 1 aliphatic heterocycles. The summed E-state index contributed by atoms with van der Waals surface area (Å²) >= 11 is 0. The molecule has 4 heteroatoms. The van der Waals surface area contributed by atoms with E-state index in [4.69, 9.17) is 15.2 Å². The molecule has 0 aromatic heterocycles. The molecule has 1 saturated heterocycles. The summed E-state index contributed by atoms with van der Waals surface area (Å²) < 4.78 is 12.6. The lowest BCUT2D eigenvalue weighted by molar-refractivity contribution is -0.0273. The second kappa shape index (κ2) is 11.2. The summed E-state index contributed by atoms with van der Waals surface area (Å²) in [5.74, 6) is 0.796. The van der Waals surface area contributed by atoms with Crippen molar-refractivity contribution in [2.24, 2.45) is 0 Å². The van der Waals surface area contributed by atoms with Crippen LogP contribution in [-0.2, 0) is 4.74 Å². The second-order valence-electron chi connectivity index (χ2n) is 8.62. The number of piperidine rings is 1. The molecule has 0 unspecified atom stereocenters. The number of nitrogens with zero attached hydrogens (tertiary/aromatic N) is 1. The van der Waals surface area contributed by atoms with Gasteiger partial charge in [0.15, 0.2) is 0 Å². The van der Waals surface area contributed by atoms with Gasteiger partial charge in [0, 0.05) is 19.6 Å². The Morgan fingerprint density at radius 2 is 1.53 bits per heavy atom. The molecule has 1 heterocycles. The van der Waals surface area contributed by atoms with Gasteiger partial charge in [0.1, 0.15) is 11.9 Å². The van der Waals surface area contributed by atoms with Crippen molar-refractivity contribution in [2.75, 3.05) is 32.0 Å². The molecule has 4 nitrogen and oxygen atoms in total. The molecule has 168 valence electrons. The van der Waals surface area contributed by atoms with Crippen molar-refractivity contribution >= 4 is 5.69 Å². The largest absolute Gasteiger partial charge is 0.491 e. The zero-order valence-corrected chi connectivity index (χ0v) is 19.0. The van der Waals surface area contributed by atoms with Gasteiger partial charge < -0.3 is 20.1 Å². The highest BCUT2D eigenvalue weighted by molar-refractivity contribution is 5.53. The molecule has 0 saturated carbocycles. The zero-order valence-electron chi connectivity index (χ0n) is 19.0. The molecule has 32 heavy (non-hydrogen) atoms. The fourth-order valence-corrected chi connectivity index (χ4v) is 4.30. The van der Waals surface area contributed by atoms with Crippen molar-refractivity contribution in [3.8, 4) is 5.75 Å². The van der Waals surface area contributed by atoms with Crippen molar-refractivity contribution in [2.45, 2.75) is 38.4 Å². The van der Waals surface area contributed by atoms with E-state index in [1.165, 1.54) is 16.7 Å². The quantitative estimate of drug-likeness (QED) is 0.354. The Morgan fingerprint density at radius 1 is 0.906 bits per heavy atom. The topological polar surface area (TPSA) is 47.7 Å². The van der Waals surface area contributed by atoms with Crippen LogP contribution in [0.5, 0.6) is 5.75 Å². The minimum absolute atomic E-state index is 0.0119. The lowest BCUT2D eigenvalue weighted by Gasteiger charge is -2.34. The van der Waals surface area contributed by atoms with Crippen LogP contribution < -0.4 is 10.5 Å². The van der Waals surface area contributed by atoms with E-state index in [-0.39, 0.29) is 12.2 Å². The standard InChI is InChI=1S/C28H34N2O2/c1-22-13-14-26(29)27(21-22)31-20-8-17-30-18-15-25(16-19-30)32-28(23-9-4-2-5-10-23)24-11-6-3-7-12-24/h2-7,9-14,21,25,28H,8,15-20,29H2,1H3. The molecular formula is C28H34N2O2. The van der Waals surface area contributed by atoms with Crippen molar-refractivity contribution in [3.05, 3.63) is 95.6 Å². The second-order valence-corrected chi connectivity index (χ2v) is 8.62. The third-order valence-electron chi connectivity index (χ3n) is 6.11. The van der Waals surface area contributed by atoms with Gasteiger partial charge in [-0.25, -0.2) is 0 Å². The summed E-state index contributed by atoms with van der Waals surface area (Å²) in [5, 5.41) is 0. The van der Waals surface area contributed by atoms with E-state index in [2.05, 4.69) is 72.5 Å². The first-order chi connectivity index (χ1) is 15.7. The van der Waals surface area contributed by atoms with E-state index >= 15 is 0 Å². The number of benzene rings is 3. The van der Waals surface area contributed by atoms with Crippen LogP contribution in [0.2, 0.25) is 0 Å². The SMILES string of the molecule is Cc1ccc(N)c(OCCCN2CCC(OC(c3ccccc3)c3ccccc3)CC2)c1. The maximum absolute atomic E-state index is 6.65. The number of likely N-dealkylation sites (tertiary alicyclic amines) is 1. The lowest BCUT2D eigenvalue weighted by atomic mass is 10.00. The average molecular weight is 431 g/mol. The molecule has 2 N–H and O–H groups in total. The Balaban J connectivity index is 1.24. The summed E-state index contributed by atoms with van der Waals surface area (Å²) in [5.41, 5.74) is 10.3. The van der Waals surface area contributed by atoms with Gasteiger partial charge in [-0.05, 0) is 55.0 Å². The number of aryl methyl sites for hydroxylation is 1. The average Bonchev–Trinajstić information content (AvgIpc) is 2.84. The van der Waals surface area contributed by atoms with Crippen LogP contribution in [0.3, 0.4) is 0 Å². The molecule has 0 radical (unpaired) electrons. The highest BCUT2D eigenvalue weighted by atomic mass is 16.5. The summed E-state index contributed by atoms with van der Waals surface area (Å²) in [4.78, 5) is 2.52. The number of nitrogens with two attached hydrogens (primary N) is 1. The van der Waals surface area contributed by atoms with Crippen molar-refractivity contribution in [1.29, 1.82) is 0 Å². The molecule has 1 aliphatic rings. The predicted molar refractivity (Wildman–Crippen MR) is 131 cm³/mol. The number of nitrogen functional groups attached to an aromatic ring is 1. The van der Waals surface area contributed by atoms with E-state index < -0.39 is 0 Å². The molecule has 0 amide bonds. The first-order valence-electron chi connectivity index (χ1n) is 11.7. The zero-order chi connectivity index (χ0) is 22.2. The third-order valence-corrected chi connectivity index (χ3v) is 6.11. The fourth-order valence-electron chi connectivity index (χ4n) is 4.30. The van der Waals surface area contributed by atoms with Crippen molar-refractivity contribution in [3.63, 3.8) is 0 Å². The Kier molecular flexibility index (Phi) is 7.81. The molecular weight excluding hydrogens is 396 g/mol. The Morgan fingerprint density at radius 3 is 2.16 bits per heavy atom. The van der Waals surface area contributed by atoms with E-state index in [0.29, 0.717) is 12.3 Å². The van der Waals surface area contributed by atoms with E-state index in [1.807, 2.05) is 18.2 Å². The van der Waals surface area contributed by atoms with Gasteiger partial charge in [-0.2, -0.15) is 0 Å². The highest BCUT2D eigenvalue weighted by Gasteiger charge is 2.24. The Hall–Kier alpha value is -2.82. The third kappa shape index (κ3) is 6.12. The number of rotatable bonds is 9. The smallest absolute Gasteiger partial charge is 0.142 e. The van der Waals surface area contributed by atoms with E-state index in [0.717, 1.165) is 44.6 Å². The van der Waals surface area contributed by atoms with Crippen LogP contribution in [0, 0.1) is 6.92 Å². The molecule has 0 spiro atoms. The number of anilines is 1. The predicted octanol–water partition coefficient (Wildman–Crippen LogP) is 5.62. The van der Waals surface area contributed by atoms with E-state index in [1.54, 1.807) is 0 Å². The monoisotopic (exact) mass is 430 g/mol. The minimum atomic E-state index is -0.0119. The maximum Gasteiger partial charge on any atom is 0.142 e. The molecule has 3 aromatic carbocycles. The van der Waals surface area contributed by atoms with Crippen LogP contribution in [-0.4, -0.2) is 37.2 Å². The van der Waals surface area contributed by atoms with Gasteiger partial charge in [0.2, 0.25) is 0 Å². The first-order valence-corrected chi connectivity index (χ1v) is 11.7. The number of hydrogen-bond acceptors (Lipinski definition) is 4. The van der Waals surface area contributed by atoms with Crippen LogP contribution in [0.4, 0.5) is 5.69 Å². The van der Waals surface area contributed by atoms with Gasteiger partial charge in [-0.1, -0.05) is 66.7 Å². The molecule has 0 bridgehead atoms. The first kappa shape index (κ1) is 22.4. The van der Waals surface area contributed by atoms with Gasteiger partial charge in [-0.15, -0.1) is 0 Å². The van der Waals surface area contributed by atoms with Crippen LogP contribution >= 0.6 is 0 Å². The fraction of sp³-hybridized carbons (Fsp3) is 0.357. The Bertz CT molecular complexity index is 914. The number of hydrogen-bond donors (Lipinski definition) is 1. The lowest BCUT2D eigenvalue weighted by Crippen LogP contribution is -2.38. The maximum atomic E-state index is 6.65. The highest BCUT2D eigenvalue weighted by Crippen LogP contribution is 2.30. The summed E-state index contributed by atoms with van der Waals surface area (Å²) in [6.45, 7) is 5.91. The number of ether oxygens (including phenoxy) is 2. The van der Waals surface area contributed by atoms with Crippen molar-refractivity contribution < 1.29 is 9.47 Å². The summed E-state index contributed by atoms with van der Waals surface area (Å²) in [6.07, 6.45) is 3.38. The van der Waals surface area contributed by atoms with Gasteiger partial charge in [0.25, 0.3) is 0 Å². The summed E-state index contributed by atoms with van der Waals surface area (Å²) in [6, 6.07) is 27.0.